The van der Waals surface area contributed by atoms with Crippen molar-refractivity contribution in [2.45, 2.75) is 25.0 Å². The Labute approximate surface area is 201 Å². The zero-order chi connectivity index (χ0) is 23.9. The molecular weight excluding hydrogens is 442 g/mol. The van der Waals surface area contributed by atoms with Crippen molar-refractivity contribution in [2.24, 2.45) is 7.05 Å². The molecule has 0 aliphatic carbocycles. The van der Waals surface area contributed by atoms with Crippen molar-refractivity contribution in [3.63, 3.8) is 0 Å². The summed E-state index contributed by atoms with van der Waals surface area (Å²) in [7, 11) is 1.88. The van der Waals surface area contributed by atoms with Crippen molar-refractivity contribution in [3.8, 4) is 11.3 Å². The molecule has 8 heteroatoms. The standard InChI is InChI=1S/C27H25N5O3/c1-31-14-19(13-30-31)23-7-6-17(12-28-23)10-18-11-22-26(21-5-3-2-4-20(18)21)29-16-32(27(22)34)24-8-9-35-15-25(24)33/h2-7,11-14,16,24-25,33H,8-10,15H2,1H3/t24-,25-/m0/s1. The van der Waals surface area contributed by atoms with Crippen LogP contribution in [-0.2, 0) is 18.2 Å². The fourth-order valence-electron chi connectivity index (χ4n) is 4.94. The molecule has 1 saturated heterocycles. The molecule has 2 aromatic carbocycles. The van der Waals surface area contributed by atoms with Gasteiger partial charge in [0.2, 0.25) is 0 Å². The van der Waals surface area contributed by atoms with E-state index in [0.29, 0.717) is 30.4 Å². The van der Waals surface area contributed by atoms with Crippen LogP contribution in [0.4, 0.5) is 0 Å². The molecule has 6 rings (SSSR count). The maximum absolute atomic E-state index is 13.6. The van der Waals surface area contributed by atoms with Gasteiger partial charge in [0, 0.05) is 37.0 Å². The second-order valence-corrected chi connectivity index (χ2v) is 9.06. The average Bonchev–Trinajstić information content (AvgIpc) is 3.32. The van der Waals surface area contributed by atoms with Gasteiger partial charge in [-0.05, 0) is 41.5 Å². The maximum atomic E-state index is 13.6. The number of rotatable bonds is 4. The van der Waals surface area contributed by atoms with Crippen LogP contribution in [0.1, 0.15) is 23.6 Å². The third-order valence-corrected chi connectivity index (χ3v) is 6.75. The normalized spacial score (nSPS) is 18.3. The molecule has 4 heterocycles. The minimum atomic E-state index is -0.731. The molecule has 0 bridgehead atoms. The van der Waals surface area contributed by atoms with Crippen molar-refractivity contribution in [1.82, 2.24) is 24.3 Å². The number of aromatic nitrogens is 5. The van der Waals surface area contributed by atoms with E-state index in [4.69, 9.17) is 4.74 Å². The second kappa shape index (κ2) is 8.72. The number of hydrogen-bond donors (Lipinski definition) is 1. The van der Waals surface area contributed by atoms with E-state index >= 15 is 0 Å². The summed E-state index contributed by atoms with van der Waals surface area (Å²) in [5, 5.41) is 17.2. The Bertz CT molecular complexity index is 1590. The van der Waals surface area contributed by atoms with Gasteiger partial charge in [0.15, 0.2) is 0 Å². The number of hydrogen-bond acceptors (Lipinski definition) is 6. The Morgan fingerprint density at radius 3 is 2.69 bits per heavy atom. The predicted octanol–water partition coefficient (Wildman–Crippen LogP) is 3.26. The van der Waals surface area contributed by atoms with Crippen LogP contribution in [0.2, 0.25) is 0 Å². The Morgan fingerprint density at radius 2 is 1.94 bits per heavy atom. The van der Waals surface area contributed by atoms with E-state index in [2.05, 4.69) is 27.2 Å². The zero-order valence-corrected chi connectivity index (χ0v) is 19.3. The molecule has 0 unspecified atom stereocenters. The third-order valence-electron chi connectivity index (χ3n) is 6.75. The molecule has 1 aliphatic rings. The molecule has 5 aromatic rings. The molecule has 2 atom stereocenters. The number of aliphatic hydroxyl groups is 1. The Morgan fingerprint density at radius 1 is 1.09 bits per heavy atom. The molecule has 1 fully saturated rings. The van der Waals surface area contributed by atoms with Gasteiger partial charge in [-0.15, -0.1) is 0 Å². The lowest BCUT2D eigenvalue weighted by atomic mass is 9.96. The van der Waals surface area contributed by atoms with Gasteiger partial charge in [0.1, 0.15) is 0 Å². The number of ether oxygens (including phenoxy) is 1. The largest absolute Gasteiger partial charge is 0.389 e. The smallest absolute Gasteiger partial charge is 0.261 e. The summed E-state index contributed by atoms with van der Waals surface area (Å²) >= 11 is 0. The molecule has 0 saturated carbocycles. The predicted molar refractivity (Wildman–Crippen MR) is 133 cm³/mol. The first kappa shape index (κ1) is 21.6. The quantitative estimate of drug-likeness (QED) is 0.408. The Kier molecular flexibility index (Phi) is 5.39. The maximum Gasteiger partial charge on any atom is 0.261 e. The van der Waals surface area contributed by atoms with E-state index in [0.717, 1.165) is 33.2 Å². The minimum Gasteiger partial charge on any atom is -0.389 e. The van der Waals surface area contributed by atoms with Gasteiger partial charge in [-0.3, -0.25) is 19.0 Å². The van der Waals surface area contributed by atoms with Gasteiger partial charge in [-0.1, -0.05) is 30.3 Å². The summed E-state index contributed by atoms with van der Waals surface area (Å²) in [6, 6.07) is 13.7. The molecule has 35 heavy (non-hydrogen) atoms. The van der Waals surface area contributed by atoms with Gasteiger partial charge >= 0.3 is 0 Å². The lowest BCUT2D eigenvalue weighted by Crippen LogP contribution is -2.39. The first-order chi connectivity index (χ1) is 17.1. The van der Waals surface area contributed by atoms with Crippen molar-refractivity contribution in [1.29, 1.82) is 0 Å². The summed E-state index contributed by atoms with van der Waals surface area (Å²) in [6.45, 7) is 0.733. The van der Waals surface area contributed by atoms with Crippen molar-refractivity contribution < 1.29 is 9.84 Å². The monoisotopic (exact) mass is 467 g/mol. The third kappa shape index (κ3) is 3.90. The van der Waals surface area contributed by atoms with Gasteiger partial charge in [0.05, 0.1) is 47.9 Å². The first-order valence-electron chi connectivity index (χ1n) is 11.7. The van der Waals surface area contributed by atoms with E-state index in [1.165, 1.54) is 0 Å². The highest BCUT2D eigenvalue weighted by molar-refractivity contribution is 6.06. The van der Waals surface area contributed by atoms with E-state index in [1.54, 1.807) is 21.8 Å². The summed E-state index contributed by atoms with van der Waals surface area (Å²) < 4.78 is 8.67. The van der Waals surface area contributed by atoms with Crippen LogP contribution in [0.25, 0.3) is 32.9 Å². The SMILES string of the molecule is Cn1cc(-c2ccc(Cc3cc4c(=O)n([C@H]5CCOC[C@@H]5O)cnc4c4ccccc34)cn2)cn1. The Hall–Kier alpha value is -3.88. The lowest BCUT2D eigenvalue weighted by Gasteiger charge is -2.29. The Balaban J connectivity index is 1.43. The van der Waals surface area contributed by atoms with Gasteiger partial charge in [-0.25, -0.2) is 4.98 Å². The van der Waals surface area contributed by atoms with Crippen LogP contribution in [0.15, 0.2) is 72.2 Å². The molecular formula is C27H25N5O3. The molecule has 8 nitrogen and oxygen atoms in total. The zero-order valence-electron chi connectivity index (χ0n) is 19.3. The van der Waals surface area contributed by atoms with Crippen LogP contribution < -0.4 is 5.56 Å². The van der Waals surface area contributed by atoms with E-state index in [1.807, 2.05) is 49.8 Å². The topological polar surface area (TPSA) is 95.1 Å². The number of pyridine rings is 1. The molecule has 176 valence electrons. The van der Waals surface area contributed by atoms with Gasteiger partial charge < -0.3 is 9.84 Å². The van der Waals surface area contributed by atoms with Crippen molar-refractivity contribution >= 4 is 21.7 Å². The van der Waals surface area contributed by atoms with Crippen LogP contribution >= 0.6 is 0 Å². The van der Waals surface area contributed by atoms with Crippen LogP contribution in [0.5, 0.6) is 0 Å². The van der Waals surface area contributed by atoms with Crippen molar-refractivity contribution in [2.75, 3.05) is 13.2 Å². The summed E-state index contributed by atoms with van der Waals surface area (Å²) in [5.41, 5.74) is 4.46. The first-order valence-corrected chi connectivity index (χ1v) is 11.7. The fourth-order valence-corrected chi connectivity index (χ4v) is 4.94. The number of nitrogens with zero attached hydrogens (tertiary/aromatic N) is 5. The van der Waals surface area contributed by atoms with E-state index in [9.17, 15) is 9.90 Å². The van der Waals surface area contributed by atoms with Crippen LogP contribution in [-0.4, -0.2) is 48.7 Å². The molecule has 0 spiro atoms. The highest BCUT2D eigenvalue weighted by atomic mass is 16.5. The minimum absolute atomic E-state index is 0.141. The number of fused-ring (bicyclic) bond motifs is 3. The number of benzene rings is 2. The fraction of sp³-hybridized carbons (Fsp3) is 0.259. The molecule has 0 radical (unpaired) electrons. The lowest BCUT2D eigenvalue weighted by molar-refractivity contribution is -0.0395. The number of aliphatic hydroxyl groups excluding tert-OH is 1. The van der Waals surface area contributed by atoms with Crippen LogP contribution in [0, 0.1) is 0 Å². The summed E-state index contributed by atoms with van der Waals surface area (Å²) in [5.74, 6) is 0. The molecule has 1 aliphatic heterocycles. The van der Waals surface area contributed by atoms with Crippen LogP contribution in [0.3, 0.4) is 0 Å². The second-order valence-electron chi connectivity index (χ2n) is 9.06. The molecule has 0 amide bonds. The molecule has 1 N–H and O–H groups in total. The van der Waals surface area contributed by atoms with Gasteiger partial charge in [0.25, 0.3) is 5.56 Å². The molecule has 3 aromatic heterocycles. The summed E-state index contributed by atoms with van der Waals surface area (Å²) in [4.78, 5) is 22.9. The van der Waals surface area contributed by atoms with E-state index in [-0.39, 0.29) is 18.2 Å². The summed E-state index contributed by atoms with van der Waals surface area (Å²) in [6.07, 6.45) is 7.65. The van der Waals surface area contributed by atoms with E-state index < -0.39 is 6.10 Å². The number of aryl methyl sites for hydroxylation is 1. The van der Waals surface area contributed by atoms with Gasteiger partial charge in [-0.2, -0.15) is 5.10 Å². The average molecular weight is 468 g/mol. The highest BCUT2D eigenvalue weighted by Gasteiger charge is 2.27. The highest BCUT2D eigenvalue weighted by Crippen LogP contribution is 2.29. The van der Waals surface area contributed by atoms with Crippen molar-refractivity contribution in [3.05, 3.63) is 88.9 Å².